The van der Waals surface area contributed by atoms with E-state index < -0.39 is 5.60 Å². The molecule has 1 saturated heterocycles. The molecule has 0 aliphatic carbocycles. The second-order valence-electron chi connectivity index (χ2n) is 6.54. The molecule has 0 bridgehead atoms. The highest BCUT2D eigenvalue weighted by Gasteiger charge is 2.30. The highest BCUT2D eigenvalue weighted by Crippen LogP contribution is 2.19. The normalized spacial score (nSPS) is 16.2. The first-order valence-corrected chi connectivity index (χ1v) is 8.91. The number of nitrogens with one attached hydrogen (secondary N) is 2. The van der Waals surface area contributed by atoms with E-state index >= 15 is 0 Å². The Bertz CT molecular complexity index is 723. The summed E-state index contributed by atoms with van der Waals surface area (Å²) in [5.41, 5.74) is 0.418. The Morgan fingerprint density at radius 1 is 1.35 bits per heavy atom. The number of hydrogen-bond acceptors (Lipinski definition) is 6. The second-order valence-corrected chi connectivity index (χ2v) is 6.54. The Morgan fingerprint density at radius 2 is 2.08 bits per heavy atom. The smallest absolute Gasteiger partial charge is 0.273 e. The summed E-state index contributed by atoms with van der Waals surface area (Å²) in [6.07, 6.45) is 2.89. The average molecular weight is 359 g/mol. The lowest BCUT2D eigenvalue weighted by Crippen LogP contribution is -2.44. The number of ether oxygens (including phenoxy) is 1. The molecule has 1 aromatic heterocycles. The lowest BCUT2D eigenvalue weighted by molar-refractivity contribution is -0.00866. The van der Waals surface area contributed by atoms with Crippen molar-refractivity contribution in [1.82, 2.24) is 25.6 Å². The fraction of sp³-hybridized carbons (Fsp3) is 0.500. The van der Waals surface area contributed by atoms with E-state index in [-0.39, 0.29) is 11.6 Å². The van der Waals surface area contributed by atoms with Crippen molar-refractivity contribution in [2.75, 3.05) is 19.7 Å². The van der Waals surface area contributed by atoms with Crippen LogP contribution in [0.25, 0.3) is 0 Å². The number of piperidine rings is 1. The molecule has 2 aromatic rings. The minimum atomic E-state index is -0.797. The van der Waals surface area contributed by atoms with Gasteiger partial charge in [0, 0.05) is 6.54 Å². The molecule has 8 nitrogen and oxygen atoms in total. The van der Waals surface area contributed by atoms with Crippen LogP contribution in [0.5, 0.6) is 5.75 Å². The second kappa shape index (κ2) is 8.29. The molecule has 1 amide bonds. The maximum atomic E-state index is 12.2. The zero-order chi connectivity index (χ0) is 18.4. The van der Waals surface area contributed by atoms with Gasteiger partial charge in [0.2, 0.25) is 0 Å². The third-order valence-electron chi connectivity index (χ3n) is 4.45. The van der Waals surface area contributed by atoms with E-state index in [1.165, 1.54) is 4.68 Å². The van der Waals surface area contributed by atoms with Gasteiger partial charge in [-0.3, -0.25) is 4.79 Å². The standard InChI is InChI=1S/C18H25N5O3/c1-2-26-15-5-3-14(4-6-15)11-20-17(24)16-12-23(22-21-16)13-18(25)7-9-19-10-8-18/h3-6,12,19,25H,2,7-11,13H2,1H3,(H,20,24). The molecule has 0 spiro atoms. The van der Waals surface area contributed by atoms with Gasteiger partial charge in [0.15, 0.2) is 5.69 Å². The van der Waals surface area contributed by atoms with Crippen LogP contribution < -0.4 is 15.4 Å². The topological polar surface area (TPSA) is 101 Å². The molecule has 140 valence electrons. The molecule has 8 heteroatoms. The summed E-state index contributed by atoms with van der Waals surface area (Å²) < 4.78 is 6.94. The van der Waals surface area contributed by atoms with Crippen molar-refractivity contribution < 1.29 is 14.6 Å². The van der Waals surface area contributed by atoms with Crippen LogP contribution in [0.3, 0.4) is 0 Å². The third-order valence-corrected chi connectivity index (χ3v) is 4.45. The molecule has 2 heterocycles. The first-order valence-electron chi connectivity index (χ1n) is 8.91. The number of nitrogens with zero attached hydrogens (tertiary/aromatic N) is 3. The SMILES string of the molecule is CCOc1ccc(CNC(=O)c2cn(CC3(O)CCNCC3)nn2)cc1. The van der Waals surface area contributed by atoms with Crippen molar-refractivity contribution in [1.29, 1.82) is 0 Å². The van der Waals surface area contributed by atoms with Gasteiger partial charge in [-0.25, -0.2) is 4.68 Å². The first kappa shape index (κ1) is 18.3. The minimum absolute atomic E-state index is 0.244. The number of aromatic nitrogens is 3. The molecule has 1 fully saturated rings. The van der Waals surface area contributed by atoms with Gasteiger partial charge in [0.25, 0.3) is 5.91 Å². The number of rotatable bonds is 7. The van der Waals surface area contributed by atoms with Crippen molar-refractivity contribution in [3.05, 3.63) is 41.7 Å². The summed E-state index contributed by atoms with van der Waals surface area (Å²) in [6.45, 7) is 4.85. The van der Waals surface area contributed by atoms with E-state index in [0.717, 1.165) is 24.4 Å². The van der Waals surface area contributed by atoms with Crippen LogP contribution in [0, 0.1) is 0 Å². The van der Waals surface area contributed by atoms with Crippen molar-refractivity contribution in [3.63, 3.8) is 0 Å². The van der Waals surface area contributed by atoms with Crippen molar-refractivity contribution in [2.45, 2.75) is 38.5 Å². The van der Waals surface area contributed by atoms with Gasteiger partial charge in [0.05, 0.1) is 24.9 Å². The van der Waals surface area contributed by atoms with Crippen molar-refractivity contribution >= 4 is 5.91 Å². The van der Waals surface area contributed by atoms with Crippen LogP contribution in [0.15, 0.2) is 30.5 Å². The highest BCUT2D eigenvalue weighted by molar-refractivity contribution is 5.91. The van der Waals surface area contributed by atoms with Gasteiger partial charge in [-0.15, -0.1) is 5.10 Å². The molecule has 0 unspecified atom stereocenters. The quantitative estimate of drug-likeness (QED) is 0.673. The van der Waals surface area contributed by atoms with E-state index in [1.807, 2.05) is 31.2 Å². The van der Waals surface area contributed by atoms with Gasteiger partial charge in [-0.2, -0.15) is 0 Å². The Kier molecular flexibility index (Phi) is 5.85. The van der Waals surface area contributed by atoms with E-state index in [1.54, 1.807) is 6.20 Å². The fourth-order valence-corrected chi connectivity index (χ4v) is 2.97. The summed E-state index contributed by atoms with van der Waals surface area (Å²) in [5, 5.41) is 24.5. The summed E-state index contributed by atoms with van der Waals surface area (Å²) in [7, 11) is 0. The van der Waals surface area contributed by atoms with E-state index in [4.69, 9.17) is 4.74 Å². The Morgan fingerprint density at radius 3 is 2.77 bits per heavy atom. The van der Waals surface area contributed by atoms with Crippen LogP contribution in [-0.2, 0) is 13.1 Å². The Labute approximate surface area is 152 Å². The van der Waals surface area contributed by atoms with Gasteiger partial charge in [0.1, 0.15) is 5.75 Å². The molecule has 1 aliphatic heterocycles. The van der Waals surface area contributed by atoms with Crippen LogP contribution in [-0.4, -0.2) is 51.3 Å². The van der Waals surface area contributed by atoms with E-state index in [9.17, 15) is 9.90 Å². The number of aliphatic hydroxyl groups is 1. The van der Waals surface area contributed by atoms with Gasteiger partial charge >= 0.3 is 0 Å². The number of hydrogen-bond donors (Lipinski definition) is 3. The molecule has 0 atom stereocenters. The molecule has 1 aliphatic rings. The molecule has 3 N–H and O–H groups in total. The maximum Gasteiger partial charge on any atom is 0.273 e. The molecule has 3 rings (SSSR count). The van der Waals surface area contributed by atoms with Crippen LogP contribution >= 0.6 is 0 Å². The monoisotopic (exact) mass is 359 g/mol. The summed E-state index contributed by atoms with van der Waals surface area (Å²) in [6, 6.07) is 7.57. The number of carbonyl (C=O) groups excluding carboxylic acids is 1. The minimum Gasteiger partial charge on any atom is -0.494 e. The lowest BCUT2D eigenvalue weighted by atomic mass is 9.92. The number of amides is 1. The molecule has 0 radical (unpaired) electrons. The summed E-state index contributed by atoms with van der Waals surface area (Å²) >= 11 is 0. The van der Waals surface area contributed by atoms with Crippen molar-refractivity contribution in [2.24, 2.45) is 0 Å². The largest absolute Gasteiger partial charge is 0.494 e. The van der Waals surface area contributed by atoms with Crippen LogP contribution in [0.2, 0.25) is 0 Å². The predicted molar refractivity (Wildman–Crippen MR) is 95.9 cm³/mol. The van der Waals surface area contributed by atoms with Gasteiger partial charge in [-0.1, -0.05) is 17.3 Å². The lowest BCUT2D eigenvalue weighted by Gasteiger charge is -2.32. The van der Waals surface area contributed by atoms with E-state index in [0.29, 0.717) is 32.5 Å². The van der Waals surface area contributed by atoms with Gasteiger partial charge < -0.3 is 20.5 Å². The summed E-state index contributed by atoms with van der Waals surface area (Å²) in [4.78, 5) is 12.2. The van der Waals surface area contributed by atoms with Crippen molar-refractivity contribution in [3.8, 4) is 5.75 Å². The van der Waals surface area contributed by atoms with Crippen LogP contribution in [0.4, 0.5) is 0 Å². The molecule has 1 aromatic carbocycles. The van der Waals surface area contributed by atoms with E-state index in [2.05, 4.69) is 20.9 Å². The Hall–Kier alpha value is -2.45. The fourth-order valence-electron chi connectivity index (χ4n) is 2.97. The first-order chi connectivity index (χ1) is 12.6. The average Bonchev–Trinajstić information content (AvgIpc) is 3.09. The maximum absolute atomic E-state index is 12.2. The molecule has 26 heavy (non-hydrogen) atoms. The molecular weight excluding hydrogens is 334 g/mol. The zero-order valence-electron chi connectivity index (χ0n) is 14.9. The Balaban J connectivity index is 1.52. The number of carbonyl (C=O) groups is 1. The third kappa shape index (κ3) is 4.80. The number of benzene rings is 1. The summed E-state index contributed by atoms with van der Waals surface area (Å²) in [5.74, 6) is 0.517. The predicted octanol–water partition coefficient (Wildman–Crippen LogP) is 0.721. The van der Waals surface area contributed by atoms with Crippen LogP contribution in [0.1, 0.15) is 35.8 Å². The molecular formula is C18H25N5O3. The highest BCUT2D eigenvalue weighted by atomic mass is 16.5. The zero-order valence-corrected chi connectivity index (χ0v) is 14.9. The molecule has 0 saturated carbocycles. The van der Waals surface area contributed by atoms with Gasteiger partial charge in [-0.05, 0) is 50.6 Å².